The van der Waals surface area contributed by atoms with Gasteiger partial charge < -0.3 is 5.73 Å². The number of hydrogen-bond acceptors (Lipinski definition) is 4. The van der Waals surface area contributed by atoms with E-state index in [0.29, 0.717) is 16.6 Å². The number of rotatable bonds is 3. The van der Waals surface area contributed by atoms with Crippen LogP contribution in [0.2, 0.25) is 10.0 Å². The van der Waals surface area contributed by atoms with Gasteiger partial charge in [-0.2, -0.15) is 0 Å². The van der Waals surface area contributed by atoms with Crippen LogP contribution in [0.1, 0.15) is 22.2 Å². The molecule has 1 aromatic carbocycles. The number of halogens is 2. The Hall–Kier alpha value is -0.650. The van der Waals surface area contributed by atoms with Gasteiger partial charge in [0.15, 0.2) is 0 Å². The highest BCUT2D eigenvalue weighted by Gasteiger charge is 2.31. The van der Waals surface area contributed by atoms with Gasteiger partial charge in [0.05, 0.1) is 6.54 Å². The van der Waals surface area contributed by atoms with Crippen LogP contribution in [-0.2, 0) is 13.1 Å². The summed E-state index contributed by atoms with van der Waals surface area (Å²) >= 11 is 14.0. The molecule has 19 heavy (non-hydrogen) atoms. The van der Waals surface area contributed by atoms with Gasteiger partial charge in [0, 0.05) is 40.8 Å². The maximum atomic E-state index is 6.32. The van der Waals surface area contributed by atoms with Crippen molar-refractivity contribution in [3.05, 3.63) is 49.9 Å². The second-order valence-corrected chi connectivity index (χ2v) is 6.37. The summed E-state index contributed by atoms with van der Waals surface area (Å²) in [6, 6.07) is 3.91. The molecule has 2 aromatic rings. The molecule has 1 unspecified atom stereocenters. The van der Waals surface area contributed by atoms with Gasteiger partial charge in [0.25, 0.3) is 0 Å². The Balaban J connectivity index is 1.92. The van der Waals surface area contributed by atoms with Crippen LogP contribution in [0.15, 0.2) is 23.7 Å². The van der Waals surface area contributed by atoms with Crippen LogP contribution in [0.25, 0.3) is 0 Å². The van der Waals surface area contributed by atoms with Crippen LogP contribution >= 0.6 is 34.5 Å². The van der Waals surface area contributed by atoms with Crippen LogP contribution in [0.3, 0.4) is 0 Å². The summed E-state index contributed by atoms with van der Waals surface area (Å²) in [6.07, 6.45) is 1.82. The summed E-state index contributed by atoms with van der Waals surface area (Å²) in [5.41, 5.74) is 8.21. The Kier molecular flexibility index (Phi) is 3.78. The molecule has 0 radical (unpaired) electrons. The molecule has 1 aliphatic heterocycles. The van der Waals surface area contributed by atoms with E-state index in [2.05, 4.69) is 9.88 Å². The van der Waals surface area contributed by atoms with Crippen LogP contribution in [0, 0.1) is 0 Å². The van der Waals surface area contributed by atoms with E-state index in [1.165, 1.54) is 5.56 Å². The summed E-state index contributed by atoms with van der Waals surface area (Å²) in [7, 11) is 0. The van der Waals surface area contributed by atoms with Crippen LogP contribution in [-0.4, -0.2) is 16.4 Å². The number of aromatic nitrogens is 1. The molecule has 0 spiro atoms. The topological polar surface area (TPSA) is 42.1 Å². The molecule has 3 rings (SSSR count). The van der Waals surface area contributed by atoms with Crippen molar-refractivity contribution in [2.75, 3.05) is 6.54 Å². The first-order valence-electron chi connectivity index (χ1n) is 5.99. The first-order chi connectivity index (χ1) is 9.19. The third-order valence-electron chi connectivity index (χ3n) is 3.37. The highest BCUT2D eigenvalue weighted by molar-refractivity contribution is 7.09. The molecule has 0 amide bonds. The number of hydrogen-bond donors (Lipinski definition) is 1. The van der Waals surface area contributed by atoms with Gasteiger partial charge in [0.1, 0.15) is 5.01 Å². The minimum absolute atomic E-state index is 0.142. The smallest absolute Gasteiger partial charge is 0.107 e. The molecule has 1 aromatic heterocycles. The Morgan fingerprint density at radius 2 is 2.26 bits per heavy atom. The lowest BCUT2D eigenvalue weighted by Crippen LogP contribution is -2.27. The molecular weight excluding hydrogens is 301 g/mol. The largest absolute Gasteiger partial charge is 0.329 e. The second kappa shape index (κ2) is 5.38. The van der Waals surface area contributed by atoms with Crippen molar-refractivity contribution in [2.24, 2.45) is 5.73 Å². The Morgan fingerprint density at radius 1 is 1.42 bits per heavy atom. The maximum Gasteiger partial charge on any atom is 0.107 e. The Bertz CT molecular complexity index is 586. The molecule has 6 heteroatoms. The van der Waals surface area contributed by atoms with Crippen LogP contribution in [0.5, 0.6) is 0 Å². The van der Waals surface area contributed by atoms with Crippen LogP contribution < -0.4 is 5.73 Å². The van der Waals surface area contributed by atoms with Crippen molar-refractivity contribution in [3.8, 4) is 0 Å². The third-order valence-corrected chi connectivity index (χ3v) is 4.67. The molecule has 1 atom stereocenters. The van der Waals surface area contributed by atoms with Crippen molar-refractivity contribution in [1.29, 1.82) is 0 Å². The predicted octanol–water partition coefficient (Wildman–Crippen LogP) is 3.47. The maximum absolute atomic E-state index is 6.32. The number of fused-ring (bicyclic) bond motifs is 1. The SMILES string of the molecule is NCC1c2c(Cl)cc(Cl)cc2CN1Cc1nccs1. The number of benzene rings is 1. The van der Waals surface area contributed by atoms with E-state index in [1.807, 2.05) is 17.6 Å². The van der Waals surface area contributed by atoms with Gasteiger partial charge in [-0.3, -0.25) is 4.90 Å². The van der Waals surface area contributed by atoms with E-state index >= 15 is 0 Å². The second-order valence-electron chi connectivity index (χ2n) is 4.54. The summed E-state index contributed by atoms with van der Waals surface area (Å²) in [6.45, 7) is 2.15. The minimum atomic E-state index is 0.142. The molecule has 100 valence electrons. The molecule has 0 fully saturated rings. The third kappa shape index (κ3) is 2.51. The zero-order chi connectivity index (χ0) is 13.4. The quantitative estimate of drug-likeness (QED) is 0.943. The first kappa shape index (κ1) is 13.3. The summed E-state index contributed by atoms with van der Waals surface area (Å²) in [5.74, 6) is 0. The van der Waals surface area contributed by atoms with Crippen molar-refractivity contribution in [1.82, 2.24) is 9.88 Å². The lowest BCUT2D eigenvalue weighted by atomic mass is 10.0. The van der Waals surface area contributed by atoms with E-state index in [1.54, 1.807) is 17.4 Å². The predicted molar refractivity (Wildman–Crippen MR) is 79.6 cm³/mol. The van der Waals surface area contributed by atoms with Gasteiger partial charge in [0.2, 0.25) is 0 Å². The van der Waals surface area contributed by atoms with Crippen molar-refractivity contribution < 1.29 is 0 Å². The molecule has 0 aliphatic carbocycles. The van der Waals surface area contributed by atoms with Gasteiger partial charge in [-0.05, 0) is 23.3 Å². The fraction of sp³-hybridized carbons (Fsp3) is 0.308. The highest BCUT2D eigenvalue weighted by atomic mass is 35.5. The zero-order valence-corrected chi connectivity index (χ0v) is 12.5. The van der Waals surface area contributed by atoms with Gasteiger partial charge in [-0.15, -0.1) is 11.3 Å². The minimum Gasteiger partial charge on any atom is -0.329 e. The monoisotopic (exact) mass is 313 g/mol. The lowest BCUT2D eigenvalue weighted by Gasteiger charge is -2.22. The lowest BCUT2D eigenvalue weighted by molar-refractivity contribution is 0.211. The molecule has 2 heterocycles. The van der Waals surface area contributed by atoms with E-state index in [0.717, 1.165) is 23.7 Å². The van der Waals surface area contributed by atoms with E-state index < -0.39 is 0 Å². The molecule has 3 nitrogen and oxygen atoms in total. The number of nitrogens with zero attached hydrogens (tertiary/aromatic N) is 2. The fourth-order valence-corrected chi connectivity index (χ4v) is 3.89. The van der Waals surface area contributed by atoms with E-state index in [9.17, 15) is 0 Å². The van der Waals surface area contributed by atoms with Crippen LogP contribution in [0.4, 0.5) is 0 Å². The molecule has 0 saturated heterocycles. The van der Waals surface area contributed by atoms with E-state index in [4.69, 9.17) is 28.9 Å². The van der Waals surface area contributed by atoms with Crippen molar-refractivity contribution in [3.63, 3.8) is 0 Å². The highest BCUT2D eigenvalue weighted by Crippen LogP contribution is 2.40. The standard InChI is InChI=1S/C13H13Cl2N3S/c14-9-3-8-6-18(7-12-17-1-2-19-12)11(5-16)13(8)10(15)4-9/h1-4,11H,5-7,16H2. The number of thiazole rings is 1. The molecular formula is C13H13Cl2N3S. The van der Waals surface area contributed by atoms with Crippen molar-refractivity contribution >= 4 is 34.5 Å². The number of nitrogens with two attached hydrogens (primary N) is 1. The fourth-order valence-electron chi connectivity index (χ4n) is 2.59. The summed E-state index contributed by atoms with van der Waals surface area (Å²) in [5, 5.41) is 4.46. The molecule has 0 bridgehead atoms. The summed E-state index contributed by atoms with van der Waals surface area (Å²) in [4.78, 5) is 6.63. The molecule has 1 aliphatic rings. The van der Waals surface area contributed by atoms with Crippen molar-refractivity contribution in [2.45, 2.75) is 19.1 Å². The average Bonchev–Trinajstić information content (AvgIpc) is 2.96. The first-order valence-corrected chi connectivity index (χ1v) is 7.63. The average molecular weight is 314 g/mol. The van der Waals surface area contributed by atoms with Gasteiger partial charge >= 0.3 is 0 Å². The van der Waals surface area contributed by atoms with E-state index in [-0.39, 0.29) is 6.04 Å². The van der Waals surface area contributed by atoms with Gasteiger partial charge in [-0.1, -0.05) is 23.2 Å². The summed E-state index contributed by atoms with van der Waals surface area (Å²) < 4.78 is 0. The Labute approximate surface area is 126 Å². The molecule has 0 saturated carbocycles. The van der Waals surface area contributed by atoms with Gasteiger partial charge in [-0.25, -0.2) is 4.98 Å². The normalized spacial score (nSPS) is 18.8. The molecule has 2 N–H and O–H groups in total. The Morgan fingerprint density at radius 3 is 2.95 bits per heavy atom. The zero-order valence-electron chi connectivity index (χ0n) is 10.1.